The maximum Gasteiger partial charge on any atom is 0.241 e. The number of amides is 1. The Hall–Kier alpha value is -0.860. The zero-order valence-electron chi connectivity index (χ0n) is 13.6. The molecule has 0 radical (unpaired) electrons. The molecule has 9 heteroatoms. The van der Waals surface area contributed by atoms with Crippen LogP contribution in [0.1, 0.15) is 20.3 Å². The molecule has 3 N–H and O–H groups in total. The molecule has 1 aromatic carbocycles. The number of piperidine rings is 1. The molecule has 1 aliphatic heterocycles. The maximum atomic E-state index is 12.3. The largest absolute Gasteiger partial charge is 0.350 e. The topological polar surface area (TPSA) is 87.3 Å². The van der Waals surface area contributed by atoms with Gasteiger partial charge in [-0.2, -0.15) is 4.72 Å². The van der Waals surface area contributed by atoms with Crippen molar-refractivity contribution in [3.8, 4) is 0 Å². The van der Waals surface area contributed by atoms with Crippen LogP contribution in [0, 0.1) is 5.92 Å². The molecule has 1 fully saturated rings. The minimum absolute atomic E-state index is 0. The molecule has 0 aliphatic carbocycles. The van der Waals surface area contributed by atoms with E-state index in [1.165, 1.54) is 31.2 Å². The molecule has 0 saturated carbocycles. The van der Waals surface area contributed by atoms with Crippen molar-refractivity contribution in [3.05, 3.63) is 29.3 Å². The van der Waals surface area contributed by atoms with Crippen molar-refractivity contribution in [1.82, 2.24) is 15.4 Å². The highest BCUT2D eigenvalue weighted by Crippen LogP contribution is 2.15. The fourth-order valence-electron chi connectivity index (χ4n) is 2.46. The first-order valence-corrected chi connectivity index (χ1v) is 9.44. The Labute approximate surface area is 154 Å². The van der Waals surface area contributed by atoms with Crippen molar-refractivity contribution >= 4 is 39.9 Å². The smallest absolute Gasteiger partial charge is 0.241 e. The Morgan fingerprint density at radius 1 is 1.33 bits per heavy atom. The average Bonchev–Trinajstić information content (AvgIpc) is 2.49. The molecule has 0 spiro atoms. The predicted octanol–water partition coefficient (Wildman–Crippen LogP) is 1.54. The first-order chi connectivity index (χ1) is 10.8. The van der Waals surface area contributed by atoms with Gasteiger partial charge in [-0.05, 0) is 50.1 Å². The Kier molecular flexibility index (Phi) is 7.95. The number of sulfonamides is 1. The van der Waals surface area contributed by atoms with E-state index in [4.69, 9.17) is 11.6 Å². The predicted molar refractivity (Wildman–Crippen MR) is 97.1 cm³/mol. The number of benzene rings is 1. The quantitative estimate of drug-likeness (QED) is 0.705. The van der Waals surface area contributed by atoms with Gasteiger partial charge in [0.15, 0.2) is 0 Å². The molecule has 24 heavy (non-hydrogen) atoms. The summed E-state index contributed by atoms with van der Waals surface area (Å²) in [6.07, 6.45) is 0.982. The lowest BCUT2D eigenvalue weighted by Crippen LogP contribution is -2.54. The van der Waals surface area contributed by atoms with Gasteiger partial charge in [-0.25, -0.2) is 8.42 Å². The van der Waals surface area contributed by atoms with Gasteiger partial charge in [0.1, 0.15) is 0 Å². The van der Waals surface area contributed by atoms with E-state index in [-0.39, 0.29) is 29.3 Å². The molecule has 1 aliphatic rings. The van der Waals surface area contributed by atoms with E-state index in [2.05, 4.69) is 22.3 Å². The maximum absolute atomic E-state index is 12.3. The molecule has 0 aromatic heterocycles. The molecule has 3 unspecified atom stereocenters. The third-order valence-electron chi connectivity index (χ3n) is 4.00. The van der Waals surface area contributed by atoms with Crippen molar-refractivity contribution < 1.29 is 13.2 Å². The summed E-state index contributed by atoms with van der Waals surface area (Å²) in [7, 11) is -3.76. The molecule has 1 saturated heterocycles. The van der Waals surface area contributed by atoms with Crippen LogP contribution in [0.5, 0.6) is 0 Å². The van der Waals surface area contributed by atoms with E-state index in [1.807, 2.05) is 0 Å². The third-order valence-corrected chi connectivity index (χ3v) is 5.81. The second kappa shape index (κ2) is 9.01. The van der Waals surface area contributed by atoms with Crippen molar-refractivity contribution in [1.29, 1.82) is 0 Å². The van der Waals surface area contributed by atoms with Crippen LogP contribution in [-0.2, 0) is 14.8 Å². The van der Waals surface area contributed by atoms with Crippen LogP contribution in [0.3, 0.4) is 0 Å². The normalized spacial score (nSPS) is 22.3. The number of hydrogen-bond acceptors (Lipinski definition) is 4. The van der Waals surface area contributed by atoms with Crippen molar-refractivity contribution in [3.63, 3.8) is 0 Å². The minimum atomic E-state index is -3.76. The minimum Gasteiger partial charge on any atom is -0.350 e. The summed E-state index contributed by atoms with van der Waals surface area (Å²) in [5, 5.41) is 6.58. The van der Waals surface area contributed by atoms with Crippen molar-refractivity contribution in [2.45, 2.75) is 37.2 Å². The highest BCUT2D eigenvalue weighted by Gasteiger charge is 2.27. The lowest BCUT2D eigenvalue weighted by molar-refractivity contribution is -0.123. The lowest BCUT2D eigenvalue weighted by Gasteiger charge is -2.31. The molecular weight excluding hydrogens is 373 g/mol. The number of halogens is 2. The van der Waals surface area contributed by atoms with Gasteiger partial charge in [0.2, 0.25) is 15.9 Å². The van der Waals surface area contributed by atoms with Crippen LogP contribution < -0.4 is 15.4 Å². The summed E-state index contributed by atoms with van der Waals surface area (Å²) in [5.74, 6) is 0.0309. The van der Waals surface area contributed by atoms with Gasteiger partial charge in [-0.1, -0.05) is 18.5 Å². The van der Waals surface area contributed by atoms with Gasteiger partial charge in [0.05, 0.1) is 10.9 Å². The Bertz CT molecular complexity index is 652. The molecule has 1 aromatic rings. The van der Waals surface area contributed by atoms with Crippen LogP contribution in [0.25, 0.3) is 0 Å². The molecule has 0 bridgehead atoms. The number of rotatable bonds is 5. The standard InChI is InChI=1S/C15H22ClN3O3S.ClH/c1-10-7-8-17-9-14(10)18-15(20)11(2)19-23(21,22)13-5-3-12(16)4-6-13;/h3-6,10-11,14,17,19H,7-9H2,1-2H3,(H,18,20);1H. The first-order valence-electron chi connectivity index (χ1n) is 7.58. The summed E-state index contributed by atoms with van der Waals surface area (Å²) in [6, 6.07) is 4.96. The van der Waals surface area contributed by atoms with Crippen LogP contribution >= 0.6 is 24.0 Å². The molecular formula is C15H23Cl2N3O3S. The third kappa shape index (κ3) is 5.60. The Morgan fingerprint density at radius 3 is 2.54 bits per heavy atom. The summed E-state index contributed by atoms with van der Waals surface area (Å²) in [6.45, 7) is 5.24. The lowest BCUT2D eigenvalue weighted by atomic mass is 9.94. The average molecular weight is 396 g/mol. The molecule has 2 rings (SSSR count). The number of carbonyl (C=O) groups is 1. The van der Waals surface area contributed by atoms with Gasteiger partial charge >= 0.3 is 0 Å². The molecule has 1 amide bonds. The monoisotopic (exact) mass is 395 g/mol. The van der Waals surface area contributed by atoms with Crippen molar-refractivity contribution in [2.75, 3.05) is 13.1 Å². The van der Waals surface area contributed by atoms with E-state index in [1.54, 1.807) is 0 Å². The molecule has 136 valence electrons. The summed E-state index contributed by atoms with van der Waals surface area (Å²) < 4.78 is 26.9. The zero-order chi connectivity index (χ0) is 17.0. The molecule has 3 atom stereocenters. The number of carbonyl (C=O) groups excluding carboxylic acids is 1. The number of nitrogens with one attached hydrogen (secondary N) is 3. The van der Waals surface area contributed by atoms with Gasteiger partial charge in [0, 0.05) is 17.6 Å². The Morgan fingerprint density at radius 2 is 1.96 bits per heavy atom. The second-order valence-electron chi connectivity index (χ2n) is 5.88. The fraction of sp³-hybridized carbons (Fsp3) is 0.533. The van der Waals surface area contributed by atoms with Gasteiger partial charge in [0.25, 0.3) is 0 Å². The summed E-state index contributed by atoms with van der Waals surface area (Å²) >= 11 is 5.75. The van der Waals surface area contributed by atoms with E-state index >= 15 is 0 Å². The first kappa shape index (κ1) is 21.2. The van der Waals surface area contributed by atoms with E-state index < -0.39 is 16.1 Å². The zero-order valence-corrected chi connectivity index (χ0v) is 16.0. The highest BCUT2D eigenvalue weighted by atomic mass is 35.5. The van der Waals surface area contributed by atoms with Crippen molar-refractivity contribution in [2.24, 2.45) is 5.92 Å². The number of hydrogen-bond donors (Lipinski definition) is 3. The highest BCUT2D eigenvalue weighted by molar-refractivity contribution is 7.89. The van der Waals surface area contributed by atoms with Gasteiger partial charge in [-0.15, -0.1) is 12.4 Å². The van der Waals surface area contributed by atoms with E-state index in [0.29, 0.717) is 17.5 Å². The molecule has 6 nitrogen and oxygen atoms in total. The Balaban J connectivity index is 0.00000288. The second-order valence-corrected chi connectivity index (χ2v) is 8.03. The van der Waals surface area contributed by atoms with E-state index in [9.17, 15) is 13.2 Å². The van der Waals surface area contributed by atoms with Gasteiger partial charge < -0.3 is 10.6 Å². The van der Waals surface area contributed by atoms with Crippen LogP contribution in [0.4, 0.5) is 0 Å². The summed E-state index contributed by atoms with van der Waals surface area (Å²) in [4.78, 5) is 12.3. The SMILES string of the molecule is CC(NS(=O)(=O)c1ccc(Cl)cc1)C(=O)NC1CNCCC1C.Cl. The van der Waals surface area contributed by atoms with Gasteiger partial charge in [-0.3, -0.25) is 4.79 Å². The van der Waals surface area contributed by atoms with E-state index in [0.717, 1.165) is 13.0 Å². The molecule has 1 heterocycles. The van der Waals surface area contributed by atoms with Crippen LogP contribution in [-0.4, -0.2) is 39.5 Å². The fourth-order valence-corrected chi connectivity index (χ4v) is 3.79. The summed E-state index contributed by atoms with van der Waals surface area (Å²) in [5.41, 5.74) is 0. The van der Waals surface area contributed by atoms with Crippen LogP contribution in [0.15, 0.2) is 29.2 Å². The van der Waals surface area contributed by atoms with Crippen LogP contribution in [0.2, 0.25) is 5.02 Å².